The second-order valence-corrected chi connectivity index (χ2v) is 6.64. The zero-order valence-corrected chi connectivity index (χ0v) is 15.8. The van der Waals surface area contributed by atoms with E-state index < -0.39 is 0 Å². The van der Waals surface area contributed by atoms with Gasteiger partial charge in [-0.3, -0.25) is 4.79 Å². The molecule has 5 heteroatoms. The molecule has 4 rings (SSSR count). The highest BCUT2D eigenvalue weighted by molar-refractivity contribution is 5.90. The SMILES string of the molecule is O=C(Cc1c[nH]c2ccccc12)N/N=C/c1ccccc1OCc1ccccc1. The number of H-pyrrole nitrogens is 1. The number of hydrazone groups is 1. The number of rotatable bonds is 7. The van der Waals surface area contributed by atoms with Crippen molar-refractivity contribution in [2.24, 2.45) is 5.10 Å². The number of para-hydroxylation sites is 2. The monoisotopic (exact) mass is 383 g/mol. The van der Waals surface area contributed by atoms with E-state index in [2.05, 4.69) is 15.5 Å². The summed E-state index contributed by atoms with van der Waals surface area (Å²) in [6.07, 6.45) is 3.72. The molecule has 0 aliphatic rings. The van der Waals surface area contributed by atoms with E-state index in [4.69, 9.17) is 4.74 Å². The summed E-state index contributed by atoms with van der Waals surface area (Å²) in [5.41, 5.74) is 6.45. The summed E-state index contributed by atoms with van der Waals surface area (Å²) in [5.74, 6) is 0.541. The Kier molecular flexibility index (Phi) is 5.67. The lowest BCUT2D eigenvalue weighted by Crippen LogP contribution is -2.19. The molecule has 0 atom stereocenters. The summed E-state index contributed by atoms with van der Waals surface area (Å²) in [6.45, 7) is 0.471. The van der Waals surface area contributed by atoms with Crippen molar-refractivity contribution in [3.8, 4) is 5.75 Å². The number of aromatic nitrogens is 1. The highest BCUT2D eigenvalue weighted by Gasteiger charge is 2.08. The first-order chi connectivity index (χ1) is 14.3. The minimum Gasteiger partial charge on any atom is -0.488 e. The zero-order chi connectivity index (χ0) is 19.9. The predicted molar refractivity (Wildman–Crippen MR) is 115 cm³/mol. The largest absolute Gasteiger partial charge is 0.488 e. The van der Waals surface area contributed by atoms with E-state index >= 15 is 0 Å². The van der Waals surface area contributed by atoms with Gasteiger partial charge in [0, 0.05) is 22.7 Å². The van der Waals surface area contributed by atoms with Crippen LogP contribution in [0.2, 0.25) is 0 Å². The molecule has 0 aliphatic heterocycles. The maximum absolute atomic E-state index is 12.3. The normalized spacial score (nSPS) is 11.0. The molecule has 1 amide bonds. The molecule has 5 nitrogen and oxygen atoms in total. The highest BCUT2D eigenvalue weighted by Crippen LogP contribution is 2.19. The van der Waals surface area contributed by atoms with Crippen molar-refractivity contribution in [2.45, 2.75) is 13.0 Å². The fraction of sp³-hybridized carbons (Fsp3) is 0.0833. The van der Waals surface area contributed by atoms with Gasteiger partial charge in [-0.2, -0.15) is 5.10 Å². The summed E-state index contributed by atoms with van der Waals surface area (Å²) in [7, 11) is 0. The average molecular weight is 383 g/mol. The van der Waals surface area contributed by atoms with E-state index in [-0.39, 0.29) is 12.3 Å². The number of benzene rings is 3. The van der Waals surface area contributed by atoms with Crippen molar-refractivity contribution in [3.63, 3.8) is 0 Å². The lowest BCUT2D eigenvalue weighted by Gasteiger charge is -2.09. The number of nitrogens with one attached hydrogen (secondary N) is 2. The van der Waals surface area contributed by atoms with Crippen molar-refractivity contribution in [1.29, 1.82) is 0 Å². The van der Waals surface area contributed by atoms with Crippen LogP contribution in [0.15, 0.2) is 90.2 Å². The number of aromatic amines is 1. The summed E-state index contributed by atoms with van der Waals surface area (Å²) in [5, 5.41) is 5.15. The van der Waals surface area contributed by atoms with Gasteiger partial charge in [0.2, 0.25) is 5.91 Å². The molecule has 0 fully saturated rings. The lowest BCUT2D eigenvalue weighted by molar-refractivity contribution is -0.120. The maximum atomic E-state index is 12.3. The minimum atomic E-state index is -0.173. The van der Waals surface area contributed by atoms with Crippen molar-refractivity contribution in [3.05, 3.63) is 102 Å². The fourth-order valence-corrected chi connectivity index (χ4v) is 3.12. The number of ether oxygens (including phenoxy) is 1. The third kappa shape index (κ3) is 4.71. The van der Waals surface area contributed by atoms with E-state index in [0.29, 0.717) is 12.4 Å². The van der Waals surface area contributed by atoms with E-state index in [0.717, 1.165) is 27.6 Å². The standard InChI is InChI=1S/C24H21N3O2/c28-24(14-20-15-25-22-12-6-5-11-21(20)22)27-26-16-19-10-4-7-13-23(19)29-17-18-8-2-1-3-9-18/h1-13,15-16,25H,14,17H2,(H,27,28)/b26-16+. The van der Waals surface area contributed by atoms with Gasteiger partial charge in [-0.15, -0.1) is 0 Å². The molecule has 1 aromatic heterocycles. The van der Waals surface area contributed by atoms with E-state index in [1.807, 2.05) is 85.1 Å². The molecular formula is C24H21N3O2. The van der Waals surface area contributed by atoms with Crippen LogP contribution in [-0.4, -0.2) is 17.1 Å². The molecule has 0 saturated carbocycles. The topological polar surface area (TPSA) is 66.5 Å². The van der Waals surface area contributed by atoms with Gasteiger partial charge >= 0.3 is 0 Å². The molecule has 144 valence electrons. The minimum absolute atomic E-state index is 0.173. The van der Waals surface area contributed by atoms with Crippen LogP contribution in [0.5, 0.6) is 5.75 Å². The Labute approximate surface area is 169 Å². The van der Waals surface area contributed by atoms with Gasteiger partial charge in [-0.05, 0) is 29.3 Å². The molecule has 0 aliphatic carbocycles. The van der Waals surface area contributed by atoms with Crippen LogP contribution < -0.4 is 10.2 Å². The van der Waals surface area contributed by atoms with Gasteiger partial charge in [0.05, 0.1) is 12.6 Å². The molecular weight excluding hydrogens is 362 g/mol. The van der Waals surface area contributed by atoms with Crippen LogP contribution in [0.1, 0.15) is 16.7 Å². The Bertz CT molecular complexity index is 1130. The van der Waals surface area contributed by atoms with Crippen molar-refractivity contribution < 1.29 is 9.53 Å². The van der Waals surface area contributed by atoms with Gasteiger partial charge in [0.1, 0.15) is 12.4 Å². The smallest absolute Gasteiger partial charge is 0.244 e. The number of hydrogen-bond acceptors (Lipinski definition) is 3. The number of amides is 1. The van der Waals surface area contributed by atoms with Crippen LogP contribution in [0.25, 0.3) is 10.9 Å². The van der Waals surface area contributed by atoms with Crippen LogP contribution in [0, 0.1) is 0 Å². The van der Waals surface area contributed by atoms with Crippen LogP contribution >= 0.6 is 0 Å². The molecule has 29 heavy (non-hydrogen) atoms. The van der Waals surface area contributed by atoms with Gasteiger partial charge in [0.15, 0.2) is 0 Å². The zero-order valence-electron chi connectivity index (χ0n) is 15.8. The number of hydrogen-bond donors (Lipinski definition) is 2. The third-order valence-electron chi connectivity index (χ3n) is 4.57. The maximum Gasteiger partial charge on any atom is 0.244 e. The number of carbonyl (C=O) groups is 1. The van der Waals surface area contributed by atoms with E-state index in [1.54, 1.807) is 6.21 Å². The summed E-state index contributed by atoms with van der Waals surface area (Å²) < 4.78 is 5.91. The Hall–Kier alpha value is -3.86. The molecule has 4 aromatic rings. The number of fused-ring (bicyclic) bond motifs is 1. The molecule has 0 radical (unpaired) electrons. The summed E-state index contributed by atoms with van der Waals surface area (Å²) in [4.78, 5) is 15.4. The molecule has 0 unspecified atom stereocenters. The van der Waals surface area contributed by atoms with Crippen LogP contribution in [-0.2, 0) is 17.8 Å². The van der Waals surface area contributed by atoms with E-state index in [1.165, 1.54) is 0 Å². The first kappa shape index (κ1) is 18.5. The summed E-state index contributed by atoms with van der Waals surface area (Å²) >= 11 is 0. The quantitative estimate of drug-likeness (QED) is 0.366. The molecule has 0 bridgehead atoms. The van der Waals surface area contributed by atoms with Crippen molar-refractivity contribution >= 4 is 23.0 Å². The van der Waals surface area contributed by atoms with Crippen LogP contribution in [0.3, 0.4) is 0 Å². The molecule has 3 aromatic carbocycles. The Morgan fingerprint density at radius 3 is 2.62 bits per heavy atom. The van der Waals surface area contributed by atoms with Gasteiger partial charge < -0.3 is 9.72 Å². The Balaban J connectivity index is 1.37. The van der Waals surface area contributed by atoms with Gasteiger partial charge in [0.25, 0.3) is 0 Å². The lowest BCUT2D eigenvalue weighted by atomic mass is 10.1. The van der Waals surface area contributed by atoms with Crippen molar-refractivity contribution in [2.75, 3.05) is 0 Å². The summed E-state index contributed by atoms with van der Waals surface area (Å²) in [6, 6.07) is 25.5. The molecule has 0 saturated heterocycles. The number of nitrogens with zero attached hydrogens (tertiary/aromatic N) is 1. The molecule has 0 spiro atoms. The third-order valence-corrected chi connectivity index (χ3v) is 4.57. The van der Waals surface area contributed by atoms with Gasteiger partial charge in [-0.1, -0.05) is 60.7 Å². The first-order valence-electron chi connectivity index (χ1n) is 9.42. The van der Waals surface area contributed by atoms with E-state index in [9.17, 15) is 4.79 Å². The molecule has 2 N–H and O–H groups in total. The van der Waals surface area contributed by atoms with Crippen LogP contribution in [0.4, 0.5) is 0 Å². The Morgan fingerprint density at radius 2 is 1.72 bits per heavy atom. The second-order valence-electron chi connectivity index (χ2n) is 6.64. The van der Waals surface area contributed by atoms with Gasteiger partial charge in [-0.25, -0.2) is 5.43 Å². The first-order valence-corrected chi connectivity index (χ1v) is 9.42. The fourth-order valence-electron chi connectivity index (χ4n) is 3.12. The average Bonchev–Trinajstić information content (AvgIpc) is 3.16. The second kappa shape index (κ2) is 8.89. The Morgan fingerprint density at radius 1 is 0.966 bits per heavy atom. The molecule has 1 heterocycles. The number of carbonyl (C=O) groups excluding carboxylic acids is 1. The highest BCUT2D eigenvalue weighted by atomic mass is 16.5. The van der Waals surface area contributed by atoms with Crippen molar-refractivity contribution in [1.82, 2.24) is 10.4 Å². The predicted octanol–water partition coefficient (Wildman–Crippen LogP) is 4.44.